The molecular formula is C12H23N3O2. The lowest BCUT2D eigenvalue weighted by atomic mass is 9.99. The number of urea groups is 1. The molecule has 0 aromatic rings. The number of hydrogen-bond acceptors (Lipinski definition) is 3. The Balaban J connectivity index is 1.70. The van der Waals surface area contributed by atoms with Gasteiger partial charge in [-0.05, 0) is 38.3 Å². The first kappa shape index (κ1) is 12.6. The van der Waals surface area contributed by atoms with Gasteiger partial charge < -0.3 is 20.3 Å². The Morgan fingerprint density at radius 3 is 3.06 bits per heavy atom. The Kier molecular flexibility index (Phi) is 4.62. The molecule has 2 amide bonds. The second-order valence-corrected chi connectivity index (χ2v) is 5.10. The van der Waals surface area contributed by atoms with E-state index in [1.807, 2.05) is 7.05 Å². The van der Waals surface area contributed by atoms with Gasteiger partial charge in [0.25, 0.3) is 0 Å². The highest BCUT2D eigenvalue weighted by Gasteiger charge is 2.22. The van der Waals surface area contributed by atoms with Crippen molar-refractivity contribution in [2.75, 3.05) is 39.9 Å². The Morgan fingerprint density at radius 1 is 1.53 bits per heavy atom. The van der Waals surface area contributed by atoms with Crippen molar-refractivity contribution in [1.82, 2.24) is 15.5 Å². The van der Waals surface area contributed by atoms with Crippen LogP contribution in [0, 0.1) is 5.92 Å². The quantitative estimate of drug-likeness (QED) is 0.753. The third kappa shape index (κ3) is 3.85. The van der Waals surface area contributed by atoms with Crippen LogP contribution in [0.2, 0.25) is 0 Å². The molecule has 5 nitrogen and oxygen atoms in total. The van der Waals surface area contributed by atoms with Crippen LogP contribution >= 0.6 is 0 Å². The Bertz CT molecular complexity index is 248. The summed E-state index contributed by atoms with van der Waals surface area (Å²) in [7, 11) is 1.87. The van der Waals surface area contributed by atoms with E-state index in [0.29, 0.717) is 12.5 Å². The van der Waals surface area contributed by atoms with Gasteiger partial charge in [0.2, 0.25) is 0 Å². The average molecular weight is 241 g/mol. The zero-order valence-corrected chi connectivity index (χ0v) is 10.6. The molecule has 0 aromatic heterocycles. The van der Waals surface area contributed by atoms with Crippen molar-refractivity contribution in [3.8, 4) is 0 Å². The number of amides is 2. The third-order valence-electron chi connectivity index (χ3n) is 3.53. The molecule has 0 bridgehead atoms. The summed E-state index contributed by atoms with van der Waals surface area (Å²) in [4.78, 5) is 13.7. The number of hydrogen-bond donors (Lipinski definition) is 2. The van der Waals surface area contributed by atoms with Crippen molar-refractivity contribution in [1.29, 1.82) is 0 Å². The summed E-state index contributed by atoms with van der Waals surface area (Å²) < 4.78 is 5.24. The number of nitrogens with zero attached hydrogens (tertiary/aromatic N) is 1. The summed E-state index contributed by atoms with van der Waals surface area (Å²) in [6.07, 6.45) is 3.37. The van der Waals surface area contributed by atoms with Gasteiger partial charge >= 0.3 is 6.03 Å². The molecule has 2 atom stereocenters. The summed E-state index contributed by atoms with van der Waals surface area (Å²) in [6.45, 7) is 4.41. The summed E-state index contributed by atoms with van der Waals surface area (Å²) in [6, 6.07) is 0.237. The first-order valence-electron chi connectivity index (χ1n) is 6.56. The van der Waals surface area contributed by atoms with Crippen molar-refractivity contribution >= 4 is 6.03 Å². The van der Waals surface area contributed by atoms with Crippen LogP contribution in [-0.2, 0) is 4.74 Å². The number of piperidine rings is 1. The first-order chi connectivity index (χ1) is 8.25. The molecule has 2 N–H and O–H groups in total. The normalized spacial score (nSPS) is 29.0. The zero-order valence-electron chi connectivity index (χ0n) is 10.6. The van der Waals surface area contributed by atoms with Crippen LogP contribution in [0.3, 0.4) is 0 Å². The summed E-state index contributed by atoms with van der Waals surface area (Å²) in [5.74, 6) is 0.597. The number of ether oxygens (including phenoxy) is 1. The van der Waals surface area contributed by atoms with E-state index in [4.69, 9.17) is 4.74 Å². The second-order valence-electron chi connectivity index (χ2n) is 5.10. The van der Waals surface area contributed by atoms with E-state index in [2.05, 4.69) is 10.6 Å². The largest absolute Gasteiger partial charge is 0.379 e. The van der Waals surface area contributed by atoms with Crippen LogP contribution in [0.1, 0.15) is 19.3 Å². The Hall–Kier alpha value is -0.810. The molecule has 2 unspecified atom stereocenters. The molecule has 2 aliphatic heterocycles. The van der Waals surface area contributed by atoms with Crippen LogP contribution in [0.15, 0.2) is 0 Å². The zero-order chi connectivity index (χ0) is 12.1. The molecule has 0 spiro atoms. The summed E-state index contributed by atoms with van der Waals surface area (Å²) in [5.41, 5.74) is 0. The molecule has 2 fully saturated rings. The van der Waals surface area contributed by atoms with Gasteiger partial charge in [-0.25, -0.2) is 4.79 Å². The molecule has 0 aliphatic carbocycles. The highest BCUT2D eigenvalue weighted by atomic mass is 16.5. The van der Waals surface area contributed by atoms with E-state index in [1.54, 1.807) is 4.90 Å². The van der Waals surface area contributed by atoms with Crippen molar-refractivity contribution in [2.45, 2.75) is 25.3 Å². The monoisotopic (exact) mass is 241 g/mol. The van der Waals surface area contributed by atoms with Gasteiger partial charge in [0.1, 0.15) is 0 Å². The minimum Gasteiger partial charge on any atom is -0.379 e. The maximum Gasteiger partial charge on any atom is 0.317 e. The highest BCUT2D eigenvalue weighted by molar-refractivity contribution is 5.74. The van der Waals surface area contributed by atoms with E-state index < -0.39 is 0 Å². The molecule has 17 heavy (non-hydrogen) atoms. The Morgan fingerprint density at radius 2 is 2.41 bits per heavy atom. The fourth-order valence-electron chi connectivity index (χ4n) is 2.48. The second kappa shape index (κ2) is 6.21. The lowest BCUT2D eigenvalue weighted by Gasteiger charge is -2.28. The van der Waals surface area contributed by atoms with E-state index in [9.17, 15) is 4.79 Å². The van der Waals surface area contributed by atoms with Crippen molar-refractivity contribution < 1.29 is 9.53 Å². The van der Waals surface area contributed by atoms with Crippen LogP contribution in [-0.4, -0.2) is 56.9 Å². The predicted octanol–water partition coefficient (Wildman–Crippen LogP) is 0.416. The molecule has 2 rings (SSSR count). The molecule has 98 valence electrons. The molecule has 5 heteroatoms. The summed E-state index contributed by atoms with van der Waals surface area (Å²) in [5, 5.41) is 6.38. The molecule has 0 radical (unpaired) electrons. The molecule has 2 heterocycles. The number of carbonyl (C=O) groups is 1. The topological polar surface area (TPSA) is 53.6 Å². The standard InChI is InChI=1S/C12H23N3O2/c1-15(8-10-3-2-5-13-7-10)12(16)14-11-4-6-17-9-11/h10-11,13H,2-9H2,1H3,(H,14,16). The predicted molar refractivity (Wildman–Crippen MR) is 66.0 cm³/mol. The molecule has 2 aliphatic rings. The third-order valence-corrected chi connectivity index (χ3v) is 3.53. The van der Waals surface area contributed by atoms with E-state index >= 15 is 0 Å². The van der Waals surface area contributed by atoms with Crippen molar-refractivity contribution in [2.24, 2.45) is 5.92 Å². The van der Waals surface area contributed by atoms with E-state index in [-0.39, 0.29) is 12.1 Å². The van der Waals surface area contributed by atoms with Gasteiger partial charge in [0, 0.05) is 20.2 Å². The number of carbonyl (C=O) groups excluding carboxylic acids is 1. The summed E-state index contributed by atoms with van der Waals surface area (Å²) >= 11 is 0. The SMILES string of the molecule is CN(CC1CCCNC1)C(=O)NC1CCOC1. The molecule has 0 aromatic carbocycles. The highest BCUT2D eigenvalue weighted by Crippen LogP contribution is 2.11. The van der Waals surface area contributed by atoms with Gasteiger partial charge in [-0.3, -0.25) is 0 Å². The lowest BCUT2D eigenvalue weighted by molar-refractivity contribution is 0.177. The van der Waals surface area contributed by atoms with Crippen LogP contribution < -0.4 is 10.6 Å². The molecule has 2 saturated heterocycles. The van der Waals surface area contributed by atoms with Gasteiger partial charge in [0.05, 0.1) is 12.6 Å². The Labute approximate surface area is 103 Å². The maximum atomic E-state index is 11.9. The lowest BCUT2D eigenvalue weighted by Crippen LogP contribution is -2.46. The van der Waals surface area contributed by atoms with Gasteiger partial charge in [-0.1, -0.05) is 0 Å². The average Bonchev–Trinajstić information content (AvgIpc) is 2.83. The van der Waals surface area contributed by atoms with E-state index in [0.717, 1.165) is 32.7 Å². The van der Waals surface area contributed by atoms with Crippen LogP contribution in [0.5, 0.6) is 0 Å². The fraction of sp³-hybridized carbons (Fsp3) is 0.917. The number of rotatable bonds is 3. The van der Waals surface area contributed by atoms with Gasteiger partial charge in [-0.15, -0.1) is 0 Å². The first-order valence-corrected chi connectivity index (χ1v) is 6.56. The number of nitrogens with one attached hydrogen (secondary N) is 2. The van der Waals surface area contributed by atoms with Crippen molar-refractivity contribution in [3.05, 3.63) is 0 Å². The minimum absolute atomic E-state index is 0.0334. The smallest absolute Gasteiger partial charge is 0.317 e. The van der Waals surface area contributed by atoms with Gasteiger partial charge in [0.15, 0.2) is 0 Å². The van der Waals surface area contributed by atoms with E-state index in [1.165, 1.54) is 12.8 Å². The van der Waals surface area contributed by atoms with Crippen LogP contribution in [0.4, 0.5) is 4.79 Å². The van der Waals surface area contributed by atoms with Gasteiger partial charge in [-0.2, -0.15) is 0 Å². The van der Waals surface area contributed by atoms with Crippen molar-refractivity contribution in [3.63, 3.8) is 0 Å². The fourth-order valence-corrected chi connectivity index (χ4v) is 2.48. The molecule has 0 saturated carbocycles. The van der Waals surface area contributed by atoms with Crippen LogP contribution in [0.25, 0.3) is 0 Å². The maximum absolute atomic E-state index is 11.9. The molecular weight excluding hydrogens is 218 g/mol. The minimum atomic E-state index is 0.0334.